The molecule has 1 amide bonds. The fourth-order valence-electron chi connectivity index (χ4n) is 4.53. The molecule has 182 valence electrons. The van der Waals surface area contributed by atoms with Crippen LogP contribution in [0.15, 0.2) is 54.9 Å². The van der Waals surface area contributed by atoms with Gasteiger partial charge in [-0.1, -0.05) is 56.4 Å². The Morgan fingerprint density at radius 2 is 1.89 bits per heavy atom. The van der Waals surface area contributed by atoms with Crippen molar-refractivity contribution in [2.75, 3.05) is 17.2 Å². The Kier molecular flexibility index (Phi) is 8.34. The fourth-order valence-corrected chi connectivity index (χ4v) is 4.53. The van der Waals surface area contributed by atoms with Crippen LogP contribution in [0.4, 0.5) is 17.5 Å². The second kappa shape index (κ2) is 12.0. The van der Waals surface area contributed by atoms with Crippen molar-refractivity contribution < 1.29 is 4.79 Å². The Morgan fingerprint density at radius 1 is 1.14 bits per heavy atom. The lowest BCUT2D eigenvalue weighted by Gasteiger charge is -2.27. The summed E-state index contributed by atoms with van der Waals surface area (Å²) in [6, 6.07) is 12.7. The monoisotopic (exact) mass is 471 g/mol. The van der Waals surface area contributed by atoms with Crippen LogP contribution in [0.5, 0.6) is 0 Å². The lowest BCUT2D eigenvalue weighted by Crippen LogP contribution is -2.41. The van der Waals surface area contributed by atoms with Gasteiger partial charge in [0.2, 0.25) is 11.9 Å². The summed E-state index contributed by atoms with van der Waals surface area (Å²) in [6.07, 6.45) is 10.7. The van der Waals surface area contributed by atoms with Crippen molar-refractivity contribution in [3.05, 3.63) is 71.8 Å². The van der Waals surface area contributed by atoms with Gasteiger partial charge in [-0.05, 0) is 37.0 Å². The third-order valence-corrected chi connectivity index (χ3v) is 6.38. The summed E-state index contributed by atoms with van der Waals surface area (Å²) in [5.74, 6) is 2.36. The standard InChI is InChI=1S/C27H33N7O/c1-3-29-27-32-24(18-25(33-27)34-15-7-8-16-34)31-23(17-20-9-5-4-6-10-20)26(35)30-19-21-11-13-22(28-2)14-12-21/h7-8,11-16,18,20,23H,3-6,9-10,17,19H2,1H3,(H,30,35)(H2,29,31,32,33)/t23-/m0/s1. The van der Waals surface area contributed by atoms with Crippen molar-refractivity contribution in [2.24, 2.45) is 5.92 Å². The Morgan fingerprint density at radius 3 is 2.57 bits per heavy atom. The van der Waals surface area contributed by atoms with Crippen molar-refractivity contribution in [1.82, 2.24) is 19.9 Å². The SMILES string of the molecule is [C-]#[N+]c1ccc(CNC(=O)[C@H](CC2CCCCC2)Nc2cc(-n3cccc3)nc(NCC)n2)cc1. The molecule has 3 aromatic rings. The second-order valence-electron chi connectivity index (χ2n) is 8.99. The maximum Gasteiger partial charge on any atom is 0.242 e. The van der Waals surface area contributed by atoms with Gasteiger partial charge in [0.05, 0.1) is 6.57 Å². The van der Waals surface area contributed by atoms with E-state index in [4.69, 9.17) is 6.57 Å². The minimum atomic E-state index is -0.400. The molecule has 0 bridgehead atoms. The van der Waals surface area contributed by atoms with Crippen molar-refractivity contribution in [2.45, 2.75) is 58.0 Å². The van der Waals surface area contributed by atoms with Gasteiger partial charge in [0.1, 0.15) is 17.7 Å². The molecule has 35 heavy (non-hydrogen) atoms. The van der Waals surface area contributed by atoms with Gasteiger partial charge in [0.15, 0.2) is 5.69 Å². The molecule has 0 aliphatic heterocycles. The van der Waals surface area contributed by atoms with E-state index >= 15 is 0 Å². The molecule has 1 saturated carbocycles. The van der Waals surface area contributed by atoms with Crippen LogP contribution in [-0.2, 0) is 11.3 Å². The van der Waals surface area contributed by atoms with Gasteiger partial charge < -0.3 is 20.5 Å². The van der Waals surface area contributed by atoms with Crippen molar-refractivity contribution >= 4 is 23.4 Å². The Bertz CT molecular complexity index is 1130. The number of carbonyl (C=O) groups is 1. The molecule has 8 heteroatoms. The number of hydrogen-bond acceptors (Lipinski definition) is 5. The minimum absolute atomic E-state index is 0.0454. The van der Waals surface area contributed by atoms with E-state index in [1.165, 1.54) is 19.3 Å². The smallest absolute Gasteiger partial charge is 0.242 e. The summed E-state index contributed by atoms with van der Waals surface area (Å²) in [7, 11) is 0. The number of benzene rings is 1. The zero-order valence-corrected chi connectivity index (χ0v) is 20.2. The summed E-state index contributed by atoms with van der Waals surface area (Å²) in [5.41, 5.74) is 1.56. The van der Waals surface area contributed by atoms with Gasteiger partial charge in [0.25, 0.3) is 0 Å². The first kappa shape index (κ1) is 24.3. The highest BCUT2D eigenvalue weighted by atomic mass is 16.2. The van der Waals surface area contributed by atoms with Crippen molar-refractivity contribution in [3.63, 3.8) is 0 Å². The van der Waals surface area contributed by atoms with E-state index in [-0.39, 0.29) is 5.91 Å². The van der Waals surface area contributed by atoms with Crippen molar-refractivity contribution in [1.29, 1.82) is 0 Å². The number of aromatic nitrogens is 3. The lowest BCUT2D eigenvalue weighted by molar-refractivity contribution is -0.122. The summed E-state index contributed by atoms with van der Waals surface area (Å²) < 4.78 is 1.93. The van der Waals surface area contributed by atoms with Crippen LogP contribution in [0, 0.1) is 12.5 Å². The number of nitrogens with zero attached hydrogens (tertiary/aromatic N) is 4. The van der Waals surface area contributed by atoms with Crippen LogP contribution < -0.4 is 16.0 Å². The fraction of sp³-hybridized carbons (Fsp3) is 0.407. The van der Waals surface area contributed by atoms with E-state index in [2.05, 4.69) is 30.8 Å². The predicted molar refractivity (Wildman–Crippen MR) is 139 cm³/mol. The number of carbonyl (C=O) groups excluding carboxylic acids is 1. The van der Waals surface area contributed by atoms with E-state index in [0.717, 1.165) is 30.6 Å². The molecule has 1 aromatic carbocycles. The van der Waals surface area contributed by atoms with E-state index in [9.17, 15) is 4.79 Å². The zero-order chi connectivity index (χ0) is 24.5. The van der Waals surface area contributed by atoms with Crippen LogP contribution in [0.1, 0.15) is 51.0 Å². The van der Waals surface area contributed by atoms with Crippen LogP contribution in [0.3, 0.4) is 0 Å². The molecular formula is C27H33N7O. The molecule has 1 aliphatic carbocycles. The Balaban J connectivity index is 1.52. The molecule has 0 spiro atoms. The molecule has 8 nitrogen and oxygen atoms in total. The number of nitrogens with one attached hydrogen (secondary N) is 3. The quantitative estimate of drug-likeness (QED) is 0.349. The summed E-state index contributed by atoms with van der Waals surface area (Å²) >= 11 is 0. The number of anilines is 2. The first-order valence-corrected chi connectivity index (χ1v) is 12.4. The first-order valence-electron chi connectivity index (χ1n) is 12.4. The summed E-state index contributed by atoms with van der Waals surface area (Å²) in [6.45, 7) is 10.2. The number of rotatable bonds is 10. The van der Waals surface area contributed by atoms with Gasteiger partial charge in [-0.3, -0.25) is 4.79 Å². The van der Waals surface area contributed by atoms with Gasteiger partial charge in [-0.2, -0.15) is 9.97 Å². The molecule has 0 radical (unpaired) electrons. The normalized spacial score (nSPS) is 14.6. The third kappa shape index (κ3) is 6.82. The summed E-state index contributed by atoms with van der Waals surface area (Å²) in [4.78, 5) is 26.0. The van der Waals surface area contributed by atoms with Crippen LogP contribution >= 0.6 is 0 Å². The molecule has 4 rings (SSSR count). The summed E-state index contributed by atoms with van der Waals surface area (Å²) in [5, 5.41) is 9.70. The van der Waals surface area contributed by atoms with Gasteiger partial charge in [0, 0.05) is 31.5 Å². The third-order valence-electron chi connectivity index (χ3n) is 6.38. The topological polar surface area (TPSA) is 88.2 Å². The molecule has 3 N–H and O–H groups in total. The van der Waals surface area contributed by atoms with Gasteiger partial charge in [-0.25, -0.2) is 4.85 Å². The van der Waals surface area contributed by atoms with Gasteiger partial charge in [-0.15, -0.1) is 0 Å². The van der Waals surface area contributed by atoms with E-state index in [1.807, 2.05) is 54.2 Å². The minimum Gasteiger partial charge on any atom is -0.358 e. The van der Waals surface area contributed by atoms with E-state index < -0.39 is 6.04 Å². The van der Waals surface area contributed by atoms with Crippen molar-refractivity contribution in [3.8, 4) is 5.82 Å². The number of hydrogen-bond donors (Lipinski definition) is 3. The molecule has 1 atom stereocenters. The molecule has 2 aromatic heterocycles. The highest BCUT2D eigenvalue weighted by Crippen LogP contribution is 2.28. The Hall–Kier alpha value is -3.86. The average molecular weight is 472 g/mol. The van der Waals surface area contributed by atoms with Crippen LogP contribution in [0.2, 0.25) is 0 Å². The van der Waals surface area contributed by atoms with E-state index in [1.54, 1.807) is 12.1 Å². The highest BCUT2D eigenvalue weighted by Gasteiger charge is 2.25. The molecule has 2 heterocycles. The van der Waals surface area contributed by atoms with Crippen LogP contribution in [0.25, 0.3) is 10.7 Å². The van der Waals surface area contributed by atoms with Crippen LogP contribution in [-0.4, -0.2) is 33.0 Å². The molecule has 0 saturated heterocycles. The maximum atomic E-state index is 13.4. The molecule has 1 fully saturated rings. The predicted octanol–water partition coefficient (Wildman–Crippen LogP) is 5.32. The second-order valence-corrected chi connectivity index (χ2v) is 8.99. The Labute approximate surface area is 207 Å². The number of amides is 1. The first-order chi connectivity index (χ1) is 17.1. The average Bonchev–Trinajstić information content (AvgIpc) is 3.43. The van der Waals surface area contributed by atoms with E-state index in [0.29, 0.717) is 36.5 Å². The lowest BCUT2D eigenvalue weighted by atomic mass is 9.84. The molecule has 1 aliphatic rings. The maximum absolute atomic E-state index is 13.4. The zero-order valence-electron chi connectivity index (χ0n) is 20.2. The molecular weight excluding hydrogens is 438 g/mol. The highest BCUT2D eigenvalue weighted by molar-refractivity contribution is 5.84. The largest absolute Gasteiger partial charge is 0.358 e. The molecule has 0 unspecified atom stereocenters. The van der Waals surface area contributed by atoms with Gasteiger partial charge >= 0.3 is 0 Å².